The van der Waals surface area contributed by atoms with E-state index in [9.17, 15) is 0 Å². The van der Waals surface area contributed by atoms with Crippen molar-refractivity contribution >= 4 is 0 Å². The molecular weight excluding hydrogens is 238 g/mol. The van der Waals surface area contributed by atoms with Crippen molar-refractivity contribution in [2.24, 2.45) is 0 Å². The lowest BCUT2D eigenvalue weighted by Crippen LogP contribution is -2.35. The molecule has 0 aromatic carbocycles. The van der Waals surface area contributed by atoms with Gasteiger partial charge in [-0.3, -0.25) is 4.68 Å². The molecule has 1 aromatic rings. The second kappa shape index (κ2) is 6.94. The molecule has 1 N–H and O–H groups in total. The first kappa shape index (κ1) is 16.0. The van der Waals surface area contributed by atoms with E-state index in [2.05, 4.69) is 45.0 Å². The Balaban J connectivity index is 2.89. The van der Waals surface area contributed by atoms with Crippen LogP contribution in [0.3, 0.4) is 0 Å². The normalized spacial score (nSPS) is 13.6. The largest absolute Gasteiger partial charge is 0.493 e. The van der Waals surface area contributed by atoms with E-state index in [1.807, 2.05) is 10.9 Å². The first-order valence-corrected chi connectivity index (χ1v) is 7.29. The van der Waals surface area contributed by atoms with Gasteiger partial charge in [-0.1, -0.05) is 20.8 Å². The fourth-order valence-electron chi connectivity index (χ4n) is 2.77. The predicted molar refractivity (Wildman–Crippen MR) is 79.9 cm³/mol. The monoisotopic (exact) mass is 267 g/mol. The summed E-state index contributed by atoms with van der Waals surface area (Å²) in [4.78, 5) is 0. The summed E-state index contributed by atoms with van der Waals surface area (Å²) in [6.45, 7) is 13.0. The third-order valence-electron chi connectivity index (χ3n) is 3.53. The minimum Gasteiger partial charge on any atom is -0.493 e. The number of rotatable bonds is 8. The highest BCUT2D eigenvalue weighted by molar-refractivity contribution is 5.32. The fraction of sp³-hybridized carbons (Fsp3) is 0.800. The molecule has 0 amide bonds. The number of aryl methyl sites for hydroxylation is 1. The lowest BCUT2D eigenvalue weighted by molar-refractivity contribution is 0.340. The third-order valence-corrected chi connectivity index (χ3v) is 3.53. The van der Waals surface area contributed by atoms with Crippen LogP contribution in [0, 0.1) is 0 Å². The van der Waals surface area contributed by atoms with Crippen LogP contribution in [-0.2, 0) is 12.0 Å². The molecule has 0 aliphatic rings. The van der Waals surface area contributed by atoms with Crippen molar-refractivity contribution in [3.05, 3.63) is 11.9 Å². The number of hydrogen-bond acceptors (Lipinski definition) is 3. The molecule has 0 aliphatic carbocycles. The van der Waals surface area contributed by atoms with Gasteiger partial charge < -0.3 is 10.1 Å². The third kappa shape index (κ3) is 3.96. The smallest absolute Gasteiger partial charge is 0.160 e. The molecule has 0 fully saturated rings. The first-order chi connectivity index (χ1) is 8.96. The SMILES string of the molecule is CCCNC(C)CC(C)(C)c1c(OC)cnn1CC. The number of nitrogens with zero attached hydrogens (tertiary/aromatic N) is 2. The molecule has 1 rings (SSSR count). The first-order valence-electron chi connectivity index (χ1n) is 7.29. The Bertz CT molecular complexity index is 363. The quantitative estimate of drug-likeness (QED) is 0.787. The predicted octanol–water partition coefficient (Wildman–Crippen LogP) is 2.97. The average Bonchev–Trinajstić information content (AvgIpc) is 2.79. The van der Waals surface area contributed by atoms with Crippen molar-refractivity contribution < 1.29 is 4.74 Å². The Morgan fingerprint density at radius 1 is 1.42 bits per heavy atom. The highest BCUT2D eigenvalue weighted by Gasteiger charge is 2.30. The molecule has 0 radical (unpaired) electrons. The molecule has 0 saturated heterocycles. The number of hydrogen-bond donors (Lipinski definition) is 1. The molecule has 19 heavy (non-hydrogen) atoms. The maximum Gasteiger partial charge on any atom is 0.160 e. The van der Waals surface area contributed by atoms with E-state index < -0.39 is 0 Å². The zero-order valence-corrected chi connectivity index (χ0v) is 13.3. The van der Waals surface area contributed by atoms with Crippen LogP contribution in [0.25, 0.3) is 0 Å². The van der Waals surface area contributed by atoms with Crippen molar-refractivity contribution in [1.29, 1.82) is 0 Å². The van der Waals surface area contributed by atoms with Crippen LogP contribution >= 0.6 is 0 Å². The van der Waals surface area contributed by atoms with Crippen LogP contribution in [0.1, 0.15) is 53.2 Å². The van der Waals surface area contributed by atoms with Gasteiger partial charge >= 0.3 is 0 Å². The summed E-state index contributed by atoms with van der Waals surface area (Å²) in [5.41, 5.74) is 1.24. The lowest BCUT2D eigenvalue weighted by Gasteiger charge is -2.30. The average molecular weight is 267 g/mol. The molecule has 4 nitrogen and oxygen atoms in total. The van der Waals surface area contributed by atoms with Crippen molar-refractivity contribution in [1.82, 2.24) is 15.1 Å². The maximum absolute atomic E-state index is 5.47. The molecular formula is C15H29N3O. The van der Waals surface area contributed by atoms with E-state index in [1.165, 1.54) is 12.1 Å². The van der Waals surface area contributed by atoms with Crippen molar-refractivity contribution in [3.8, 4) is 5.75 Å². The van der Waals surface area contributed by atoms with Gasteiger partial charge in [0.2, 0.25) is 0 Å². The Labute approximate surface area is 117 Å². The second-order valence-corrected chi connectivity index (χ2v) is 5.82. The molecule has 0 saturated carbocycles. The van der Waals surface area contributed by atoms with Crippen LogP contribution in [0.4, 0.5) is 0 Å². The molecule has 110 valence electrons. The summed E-state index contributed by atoms with van der Waals surface area (Å²) >= 11 is 0. The minimum absolute atomic E-state index is 0.0397. The molecule has 0 aliphatic heterocycles. The Morgan fingerprint density at radius 3 is 2.63 bits per heavy atom. The van der Waals surface area contributed by atoms with Crippen molar-refractivity contribution in [2.45, 2.75) is 65.5 Å². The van der Waals surface area contributed by atoms with Gasteiger partial charge in [-0.2, -0.15) is 5.10 Å². The van der Waals surface area contributed by atoms with E-state index in [4.69, 9.17) is 4.74 Å². The summed E-state index contributed by atoms with van der Waals surface area (Å²) in [5.74, 6) is 0.898. The van der Waals surface area contributed by atoms with Crippen LogP contribution < -0.4 is 10.1 Å². The molecule has 1 unspecified atom stereocenters. The zero-order chi connectivity index (χ0) is 14.5. The fourth-order valence-corrected chi connectivity index (χ4v) is 2.77. The molecule has 1 heterocycles. The highest BCUT2D eigenvalue weighted by Crippen LogP contribution is 2.35. The summed E-state index contributed by atoms with van der Waals surface area (Å²) < 4.78 is 7.52. The summed E-state index contributed by atoms with van der Waals surface area (Å²) in [6, 6.07) is 0.486. The van der Waals surface area contributed by atoms with Gasteiger partial charge in [0, 0.05) is 18.0 Å². The van der Waals surface area contributed by atoms with Gasteiger partial charge in [0.05, 0.1) is 19.0 Å². The Hall–Kier alpha value is -1.03. The summed E-state index contributed by atoms with van der Waals surface area (Å²) in [5, 5.41) is 7.97. The van der Waals surface area contributed by atoms with Gasteiger partial charge in [0.15, 0.2) is 5.75 Å². The molecule has 0 spiro atoms. The zero-order valence-electron chi connectivity index (χ0n) is 13.3. The molecule has 4 heteroatoms. The molecule has 0 bridgehead atoms. The van der Waals surface area contributed by atoms with E-state index in [1.54, 1.807) is 7.11 Å². The van der Waals surface area contributed by atoms with Crippen molar-refractivity contribution in [3.63, 3.8) is 0 Å². The standard InChI is InChI=1S/C15H29N3O/c1-7-9-16-12(3)10-15(4,5)14-13(19-6)11-17-18(14)8-2/h11-12,16H,7-10H2,1-6H3. The number of nitrogens with one attached hydrogen (secondary N) is 1. The van der Waals surface area contributed by atoms with Gasteiger partial charge in [0.25, 0.3) is 0 Å². The number of aromatic nitrogens is 2. The van der Waals surface area contributed by atoms with Gasteiger partial charge in [-0.15, -0.1) is 0 Å². The number of ether oxygens (including phenoxy) is 1. The summed E-state index contributed by atoms with van der Waals surface area (Å²) in [6.07, 6.45) is 4.06. The van der Waals surface area contributed by atoms with Gasteiger partial charge in [-0.05, 0) is 33.2 Å². The van der Waals surface area contributed by atoms with Gasteiger partial charge in [-0.25, -0.2) is 0 Å². The van der Waals surface area contributed by atoms with Crippen LogP contribution in [0.15, 0.2) is 6.20 Å². The van der Waals surface area contributed by atoms with E-state index >= 15 is 0 Å². The van der Waals surface area contributed by atoms with Crippen LogP contribution in [0.2, 0.25) is 0 Å². The van der Waals surface area contributed by atoms with E-state index in [0.717, 1.165) is 25.3 Å². The maximum atomic E-state index is 5.47. The molecule has 1 atom stereocenters. The van der Waals surface area contributed by atoms with E-state index in [-0.39, 0.29) is 5.41 Å². The topological polar surface area (TPSA) is 39.1 Å². The highest BCUT2D eigenvalue weighted by atomic mass is 16.5. The van der Waals surface area contributed by atoms with Crippen LogP contribution in [-0.4, -0.2) is 29.5 Å². The summed E-state index contributed by atoms with van der Waals surface area (Å²) in [7, 11) is 1.72. The minimum atomic E-state index is 0.0397. The van der Waals surface area contributed by atoms with Gasteiger partial charge in [0.1, 0.15) is 0 Å². The van der Waals surface area contributed by atoms with E-state index in [0.29, 0.717) is 6.04 Å². The van der Waals surface area contributed by atoms with Crippen molar-refractivity contribution in [2.75, 3.05) is 13.7 Å². The Morgan fingerprint density at radius 2 is 2.11 bits per heavy atom. The Kier molecular flexibility index (Phi) is 5.85. The van der Waals surface area contributed by atoms with Crippen LogP contribution in [0.5, 0.6) is 5.75 Å². The second-order valence-electron chi connectivity index (χ2n) is 5.82. The number of methoxy groups -OCH3 is 1. The lowest BCUT2D eigenvalue weighted by atomic mass is 9.82. The molecule has 1 aromatic heterocycles.